The van der Waals surface area contributed by atoms with Crippen LogP contribution in [0.2, 0.25) is 0 Å². The van der Waals surface area contributed by atoms with Crippen LogP contribution in [0, 0.1) is 0 Å². The third-order valence-electron chi connectivity index (χ3n) is 0.574. The zero-order chi connectivity index (χ0) is 7.28. The normalized spacial score (nSPS) is 11.2. The second-order valence-electron chi connectivity index (χ2n) is 1.43. The van der Waals surface area contributed by atoms with E-state index in [0.717, 1.165) is 5.80 Å². The molecule has 0 amide bonds. The maximum Gasteiger partial charge on any atom is 0.373 e. The lowest BCUT2D eigenvalue weighted by molar-refractivity contribution is -0.151. The predicted octanol–water partition coefficient (Wildman–Crippen LogP) is -0.261. The lowest BCUT2D eigenvalue weighted by Gasteiger charge is -1.92. The SMILES string of the molecule is CCOC(=O)C=[P+](C)[O-]. The molecule has 0 bridgehead atoms. The molecule has 0 N–H and O–H groups in total. The van der Waals surface area contributed by atoms with E-state index >= 15 is 0 Å². The van der Waals surface area contributed by atoms with Gasteiger partial charge >= 0.3 is 5.97 Å². The summed E-state index contributed by atoms with van der Waals surface area (Å²) in [7, 11) is -1.50. The summed E-state index contributed by atoms with van der Waals surface area (Å²) in [6, 6.07) is 0. The van der Waals surface area contributed by atoms with Gasteiger partial charge in [0, 0.05) is 0 Å². The summed E-state index contributed by atoms with van der Waals surface area (Å²) in [6.07, 6.45) is 0. The molecule has 0 spiro atoms. The molecule has 0 aromatic heterocycles. The van der Waals surface area contributed by atoms with E-state index in [0.29, 0.717) is 6.61 Å². The van der Waals surface area contributed by atoms with Gasteiger partial charge < -0.3 is 9.63 Å². The summed E-state index contributed by atoms with van der Waals surface area (Å²) in [6.45, 7) is 3.49. The fourth-order valence-corrected chi connectivity index (χ4v) is 0.699. The van der Waals surface area contributed by atoms with Gasteiger partial charge in [0.25, 0.3) is 0 Å². The fraction of sp³-hybridized carbons (Fsp3) is 0.600. The Bertz CT molecular complexity index is 126. The van der Waals surface area contributed by atoms with Gasteiger partial charge in [-0.15, -0.1) is 0 Å². The highest BCUT2D eigenvalue weighted by Gasteiger charge is 1.97. The zero-order valence-electron chi connectivity index (χ0n) is 5.46. The lowest BCUT2D eigenvalue weighted by atomic mass is 10.8. The Morgan fingerprint density at radius 1 is 1.89 bits per heavy atom. The van der Waals surface area contributed by atoms with Crippen molar-refractivity contribution in [1.29, 1.82) is 0 Å². The molecule has 0 radical (unpaired) electrons. The molecule has 9 heavy (non-hydrogen) atoms. The van der Waals surface area contributed by atoms with Gasteiger partial charge in [0.05, 0.1) is 21.0 Å². The summed E-state index contributed by atoms with van der Waals surface area (Å²) in [5.74, 6) is 0.569. The summed E-state index contributed by atoms with van der Waals surface area (Å²) in [4.78, 5) is 20.7. The fourth-order valence-electron chi connectivity index (χ4n) is 0.328. The van der Waals surface area contributed by atoms with E-state index in [9.17, 15) is 9.69 Å². The largest absolute Gasteiger partial charge is 0.630 e. The van der Waals surface area contributed by atoms with Gasteiger partial charge in [0.1, 0.15) is 0 Å². The van der Waals surface area contributed by atoms with E-state index in [2.05, 4.69) is 4.74 Å². The molecule has 52 valence electrons. The molecule has 0 rings (SSSR count). The van der Waals surface area contributed by atoms with Crippen LogP contribution in [0.15, 0.2) is 0 Å². The Morgan fingerprint density at radius 3 is 2.78 bits per heavy atom. The predicted molar refractivity (Wildman–Crippen MR) is 35.5 cm³/mol. The maximum absolute atomic E-state index is 10.4. The van der Waals surface area contributed by atoms with Gasteiger partial charge in [0.2, 0.25) is 0 Å². The zero-order valence-corrected chi connectivity index (χ0v) is 6.35. The van der Waals surface area contributed by atoms with Crippen LogP contribution in [0.3, 0.4) is 0 Å². The van der Waals surface area contributed by atoms with Gasteiger partial charge in [-0.25, -0.2) is 4.79 Å². The molecule has 1 atom stereocenters. The van der Waals surface area contributed by atoms with Crippen molar-refractivity contribution >= 4 is 19.5 Å². The van der Waals surface area contributed by atoms with Crippen LogP contribution in [0.5, 0.6) is 0 Å². The van der Waals surface area contributed by atoms with Gasteiger partial charge in [-0.1, -0.05) is 0 Å². The van der Waals surface area contributed by atoms with Crippen LogP contribution in [0.1, 0.15) is 6.92 Å². The third kappa shape index (κ3) is 5.47. The molecule has 0 aromatic rings. The molecule has 0 aliphatic carbocycles. The molecule has 3 nitrogen and oxygen atoms in total. The molecule has 0 aliphatic heterocycles. The van der Waals surface area contributed by atoms with Gasteiger partial charge in [-0.2, -0.15) is 0 Å². The van der Waals surface area contributed by atoms with Crippen molar-refractivity contribution in [1.82, 2.24) is 0 Å². The molecule has 0 aliphatic rings. The maximum atomic E-state index is 10.4. The minimum absolute atomic E-state index is 0.332. The molecule has 1 unspecified atom stereocenters. The van der Waals surface area contributed by atoms with Crippen LogP contribution in [-0.4, -0.2) is 25.0 Å². The number of carbonyl (C=O) groups is 1. The van der Waals surface area contributed by atoms with E-state index < -0.39 is 13.7 Å². The number of ether oxygens (including phenoxy) is 1. The van der Waals surface area contributed by atoms with Crippen LogP contribution < -0.4 is 4.89 Å². The standard InChI is InChI=1S/C5H9O3P/c1-3-8-5(6)4-9(2)7/h4H,3H2,1-2H3. The number of hydrogen-bond acceptors (Lipinski definition) is 3. The number of rotatable bonds is 2. The van der Waals surface area contributed by atoms with Crippen molar-refractivity contribution in [3.8, 4) is 0 Å². The quantitative estimate of drug-likeness (QED) is 0.400. The molecule has 0 aromatic carbocycles. The van der Waals surface area contributed by atoms with Crippen LogP contribution in [0.25, 0.3) is 0 Å². The van der Waals surface area contributed by atoms with Crippen molar-refractivity contribution in [2.45, 2.75) is 6.92 Å². The molecule has 0 saturated carbocycles. The first-order valence-electron chi connectivity index (χ1n) is 2.58. The first-order chi connectivity index (χ1) is 4.16. The summed E-state index contributed by atoms with van der Waals surface area (Å²) in [5.41, 5.74) is 0. The topological polar surface area (TPSA) is 49.4 Å². The highest BCUT2D eigenvalue weighted by molar-refractivity contribution is 7.51. The summed E-state index contributed by atoms with van der Waals surface area (Å²) in [5, 5.41) is 0. The smallest absolute Gasteiger partial charge is 0.373 e. The van der Waals surface area contributed by atoms with Crippen LogP contribution >= 0.6 is 7.77 Å². The molecule has 4 heteroatoms. The van der Waals surface area contributed by atoms with E-state index in [1.165, 1.54) is 6.66 Å². The van der Waals surface area contributed by atoms with E-state index in [1.54, 1.807) is 6.92 Å². The van der Waals surface area contributed by atoms with Crippen molar-refractivity contribution in [3.63, 3.8) is 0 Å². The highest BCUT2D eigenvalue weighted by Crippen LogP contribution is 1.98. The Morgan fingerprint density at radius 2 is 2.44 bits per heavy atom. The molecule has 0 fully saturated rings. The minimum atomic E-state index is -1.50. The van der Waals surface area contributed by atoms with Crippen molar-refractivity contribution in [3.05, 3.63) is 0 Å². The van der Waals surface area contributed by atoms with Crippen LogP contribution in [-0.2, 0) is 9.53 Å². The van der Waals surface area contributed by atoms with Gasteiger partial charge in [-0.05, 0) is 6.92 Å². The Labute approximate surface area is 55.1 Å². The second-order valence-corrected chi connectivity index (χ2v) is 2.78. The van der Waals surface area contributed by atoms with E-state index in [1.807, 2.05) is 0 Å². The number of esters is 1. The molecular formula is C5H9O3P. The summed E-state index contributed by atoms with van der Waals surface area (Å²) < 4.78 is 4.47. The molecule has 0 heterocycles. The van der Waals surface area contributed by atoms with Crippen molar-refractivity contribution < 1.29 is 14.4 Å². The lowest BCUT2D eigenvalue weighted by Crippen LogP contribution is -2.06. The average molecular weight is 148 g/mol. The first-order valence-corrected chi connectivity index (χ1v) is 4.36. The molecular weight excluding hydrogens is 139 g/mol. The number of carbonyl (C=O) groups excluding carboxylic acids is 1. The Balaban J connectivity index is 3.63. The molecule has 0 saturated heterocycles. The first kappa shape index (κ1) is 8.60. The van der Waals surface area contributed by atoms with E-state index in [4.69, 9.17) is 0 Å². The Hall–Kier alpha value is -0.400. The van der Waals surface area contributed by atoms with E-state index in [-0.39, 0.29) is 0 Å². The van der Waals surface area contributed by atoms with Crippen LogP contribution in [0.4, 0.5) is 0 Å². The monoisotopic (exact) mass is 148 g/mol. The Kier molecular flexibility index (Phi) is 4.28. The average Bonchev–Trinajstić information content (AvgIpc) is 1.63. The van der Waals surface area contributed by atoms with Crippen molar-refractivity contribution in [2.24, 2.45) is 0 Å². The third-order valence-corrected chi connectivity index (χ3v) is 1.15. The second kappa shape index (κ2) is 4.48. The van der Waals surface area contributed by atoms with Crippen molar-refractivity contribution in [2.75, 3.05) is 13.3 Å². The highest BCUT2D eigenvalue weighted by atomic mass is 31.1. The van der Waals surface area contributed by atoms with Gasteiger partial charge in [0.15, 0.2) is 5.80 Å². The van der Waals surface area contributed by atoms with Gasteiger partial charge in [-0.3, -0.25) is 0 Å². The number of hydrogen-bond donors (Lipinski definition) is 0. The summed E-state index contributed by atoms with van der Waals surface area (Å²) >= 11 is 0. The minimum Gasteiger partial charge on any atom is -0.630 e.